The number of benzene rings is 1. The summed E-state index contributed by atoms with van der Waals surface area (Å²) >= 11 is 0. The molecule has 1 N–H and O–H groups in total. The van der Waals surface area contributed by atoms with Crippen LogP contribution >= 0.6 is 0 Å². The highest BCUT2D eigenvalue weighted by atomic mass is 16.3. The summed E-state index contributed by atoms with van der Waals surface area (Å²) < 4.78 is 0. The van der Waals surface area contributed by atoms with Gasteiger partial charge in [0.05, 0.1) is 0 Å². The first-order valence-corrected chi connectivity index (χ1v) is 6.42. The average molecular weight is 220 g/mol. The minimum absolute atomic E-state index is 0.357. The van der Waals surface area contributed by atoms with Gasteiger partial charge in [-0.15, -0.1) is 0 Å². The van der Waals surface area contributed by atoms with Crippen LogP contribution in [0.15, 0.2) is 24.3 Å². The van der Waals surface area contributed by atoms with Gasteiger partial charge in [-0.1, -0.05) is 52.2 Å². The van der Waals surface area contributed by atoms with Crippen molar-refractivity contribution in [2.45, 2.75) is 52.4 Å². The lowest BCUT2D eigenvalue weighted by Crippen LogP contribution is -1.97. The smallest absolute Gasteiger partial charge is 0.115 e. The predicted octanol–water partition coefficient (Wildman–Crippen LogP) is 4.71. The Labute approximate surface area is 99.5 Å². The van der Waals surface area contributed by atoms with Gasteiger partial charge in [0.15, 0.2) is 0 Å². The number of hydrogen-bond donors (Lipinski definition) is 1. The lowest BCUT2D eigenvalue weighted by Gasteiger charge is -2.13. The molecule has 0 radical (unpaired) electrons. The molecular weight excluding hydrogens is 196 g/mol. The van der Waals surface area contributed by atoms with Crippen molar-refractivity contribution < 1.29 is 5.11 Å². The molecule has 90 valence electrons. The van der Waals surface area contributed by atoms with Gasteiger partial charge in [-0.05, 0) is 36.0 Å². The van der Waals surface area contributed by atoms with E-state index in [1.54, 1.807) is 12.1 Å². The highest BCUT2D eigenvalue weighted by molar-refractivity contribution is 5.27. The van der Waals surface area contributed by atoms with E-state index in [2.05, 4.69) is 20.8 Å². The first-order chi connectivity index (χ1) is 7.63. The molecule has 1 aromatic rings. The molecule has 0 aliphatic heterocycles. The summed E-state index contributed by atoms with van der Waals surface area (Å²) in [7, 11) is 0. The van der Waals surface area contributed by atoms with E-state index in [0.29, 0.717) is 11.7 Å². The van der Waals surface area contributed by atoms with E-state index >= 15 is 0 Å². The first kappa shape index (κ1) is 13.1. The van der Waals surface area contributed by atoms with Crippen molar-refractivity contribution in [3.8, 4) is 5.75 Å². The van der Waals surface area contributed by atoms with Crippen LogP contribution in [0.2, 0.25) is 0 Å². The zero-order valence-corrected chi connectivity index (χ0v) is 10.7. The van der Waals surface area contributed by atoms with Crippen LogP contribution in [-0.4, -0.2) is 5.11 Å². The minimum Gasteiger partial charge on any atom is -0.508 e. The molecule has 1 rings (SSSR count). The second-order valence-corrected chi connectivity index (χ2v) is 4.94. The van der Waals surface area contributed by atoms with Crippen molar-refractivity contribution in [1.29, 1.82) is 0 Å². The molecule has 0 saturated carbocycles. The summed E-state index contributed by atoms with van der Waals surface area (Å²) in [6, 6.07) is 7.62. The van der Waals surface area contributed by atoms with E-state index in [9.17, 15) is 5.11 Å². The molecule has 0 fully saturated rings. The molecule has 2 unspecified atom stereocenters. The van der Waals surface area contributed by atoms with E-state index < -0.39 is 0 Å². The molecule has 16 heavy (non-hydrogen) atoms. The maximum absolute atomic E-state index is 9.22. The molecule has 2 atom stereocenters. The third-order valence-electron chi connectivity index (χ3n) is 3.49. The number of hydrogen-bond acceptors (Lipinski definition) is 1. The van der Waals surface area contributed by atoms with E-state index in [0.717, 1.165) is 5.92 Å². The summed E-state index contributed by atoms with van der Waals surface area (Å²) in [5.41, 5.74) is 1.34. The van der Waals surface area contributed by atoms with Crippen molar-refractivity contribution >= 4 is 0 Å². The van der Waals surface area contributed by atoms with E-state index in [4.69, 9.17) is 0 Å². The average Bonchev–Trinajstić information content (AvgIpc) is 2.29. The lowest BCUT2D eigenvalue weighted by atomic mass is 9.92. The fourth-order valence-electron chi connectivity index (χ4n) is 1.95. The van der Waals surface area contributed by atoms with Crippen LogP contribution in [0.4, 0.5) is 0 Å². The van der Waals surface area contributed by atoms with Crippen LogP contribution in [0.5, 0.6) is 5.75 Å². The van der Waals surface area contributed by atoms with Gasteiger partial charge in [0.1, 0.15) is 5.75 Å². The minimum atomic E-state index is 0.357. The molecule has 0 spiro atoms. The Morgan fingerprint density at radius 2 is 1.69 bits per heavy atom. The topological polar surface area (TPSA) is 20.2 Å². The van der Waals surface area contributed by atoms with E-state index in [1.165, 1.54) is 31.2 Å². The van der Waals surface area contributed by atoms with E-state index in [1.807, 2.05) is 12.1 Å². The Bertz CT molecular complexity index is 289. The second kappa shape index (κ2) is 6.57. The molecular formula is C15H24O. The number of rotatable bonds is 6. The largest absolute Gasteiger partial charge is 0.508 e. The molecule has 0 amide bonds. The van der Waals surface area contributed by atoms with Gasteiger partial charge in [0, 0.05) is 0 Å². The molecule has 0 aliphatic carbocycles. The molecule has 0 bridgehead atoms. The quantitative estimate of drug-likeness (QED) is 0.736. The Morgan fingerprint density at radius 3 is 2.25 bits per heavy atom. The van der Waals surface area contributed by atoms with Gasteiger partial charge < -0.3 is 5.11 Å². The normalized spacial score (nSPS) is 14.7. The Balaban J connectivity index is 2.35. The highest BCUT2D eigenvalue weighted by Crippen LogP contribution is 2.24. The zero-order chi connectivity index (χ0) is 12.0. The van der Waals surface area contributed by atoms with Gasteiger partial charge in [-0.3, -0.25) is 0 Å². The van der Waals surface area contributed by atoms with Crippen molar-refractivity contribution in [2.24, 2.45) is 5.92 Å². The standard InChI is InChI=1S/C15H24O/c1-4-12(2)6-5-7-13(3)14-8-10-15(16)11-9-14/h8-13,16H,4-7H2,1-3H3. The van der Waals surface area contributed by atoms with Crippen LogP contribution < -0.4 is 0 Å². The molecule has 0 saturated heterocycles. The predicted molar refractivity (Wildman–Crippen MR) is 69.8 cm³/mol. The first-order valence-electron chi connectivity index (χ1n) is 6.42. The molecule has 0 aliphatic rings. The van der Waals surface area contributed by atoms with Gasteiger partial charge in [0.2, 0.25) is 0 Å². The molecule has 0 aromatic heterocycles. The monoisotopic (exact) mass is 220 g/mol. The molecule has 1 aromatic carbocycles. The zero-order valence-electron chi connectivity index (χ0n) is 10.7. The fraction of sp³-hybridized carbons (Fsp3) is 0.600. The lowest BCUT2D eigenvalue weighted by molar-refractivity contribution is 0.467. The summed E-state index contributed by atoms with van der Waals surface area (Å²) in [6.45, 7) is 6.85. The van der Waals surface area contributed by atoms with Crippen LogP contribution in [0.25, 0.3) is 0 Å². The summed E-state index contributed by atoms with van der Waals surface area (Å²) in [4.78, 5) is 0. The van der Waals surface area contributed by atoms with Crippen LogP contribution in [-0.2, 0) is 0 Å². The Hall–Kier alpha value is -0.980. The number of phenolic OH excluding ortho intramolecular Hbond substituents is 1. The Morgan fingerprint density at radius 1 is 1.06 bits per heavy atom. The van der Waals surface area contributed by atoms with Gasteiger partial charge in [-0.25, -0.2) is 0 Å². The second-order valence-electron chi connectivity index (χ2n) is 4.94. The van der Waals surface area contributed by atoms with Crippen molar-refractivity contribution in [2.75, 3.05) is 0 Å². The SMILES string of the molecule is CCC(C)CCCC(C)c1ccc(O)cc1. The van der Waals surface area contributed by atoms with Crippen molar-refractivity contribution in [3.05, 3.63) is 29.8 Å². The maximum Gasteiger partial charge on any atom is 0.115 e. The van der Waals surface area contributed by atoms with Crippen LogP contribution in [0, 0.1) is 5.92 Å². The number of aromatic hydroxyl groups is 1. The molecule has 1 heteroatoms. The van der Waals surface area contributed by atoms with Gasteiger partial charge in [-0.2, -0.15) is 0 Å². The fourth-order valence-corrected chi connectivity index (χ4v) is 1.95. The summed E-state index contributed by atoms with van der Waals surface area (Å²) in [5.74, 6) is 1.81. The third-order valence-corrected chi connectivity index (χ3v) is 3.49. The number of phenols is 1. The van der Waals surface area contributed by atoms with Gasteiger partial charge >= 0.3 is 0 Å². The van der Waals surface area contributed by atoms with Crippen LogP contribution in [0.1, 0.15) is 57.9 Å². The van der Waals surface area contributed by atoms with Gasteiger partial charge in [0.25, 0.3) is 0 Å². The van der Waals surface area contributed by atoms with Crippen LogP contribution in [0.3, 0.4) is 0 Å². The summed E-state index contributed by atoms with van der Waals surface area (Å²) in [5, 5.41) is 9.22. The maximum atomic E-state index is 9.22. The van der Waals surface area contributed by atoms with Crippen molar-refractivity contribution in [1.82, 2.24) is 0 Å². The third kappa shape index (κ3) is 4.26. The molecule has 0 heterocycles. The Kier molecular flexibility index (Phi) is 5.37. The summed E-state index contributed by atoms with van der Waals surface area (Å²) in [6.07, 6.45) is 5.17. The van der Waals surface area contributed by atoms with E-state index in [-0.39, 0.29) is 0 Å². The highest BCUT2D eigenvalue weighted by Gasteiger charge is 2.06. The molecule has 1 nitrogen and oxygen atoms in total. The van der Waals surface area contributed by atoms with Crippen molar-refractivity contribution in [3.63, 3.8) is 0 Å².